The van der Waals surface area contributed by atoms with Crippen LogP contribution >= 0.6 is 0 Å². The fourth-order valence-electron chi connectivity index (χ4n) is 2.73. The van der Waals surface area contributed by atoms with E-state index in [0.717, 1.165) is 18.4 Å². The Hall–Kier alpha value is -0.530. The number of aliphatic imine (C=N–C) groups is 1. The number of amidine groups is 1. The number of rotatable bonds is 2. The molecule has 14 heavy (non-hydrogen) atoms. The molecular formula is C12H22N2. The van der Waals surface area contributed by atoms with Gasteiger partial charge in [-0.2, -0.15) is 0 Å². The molecule has 0 amide bonds. The Morgan fingerprint density at radius 1 is 1.36 bits per heavy atom. The minimum absolute atomic E-state index is 0.768. The Balaban J connectivity index is 2.04. The third-order valence-corrected chi connectivity index (χ3v) is 3.29. The van der Waals surface area contributed by atoms with Gasteiger partial charge in [-0.15, -0.1) is 0 Å². The predicted molar refractivity (Wildman–Crippen MR) is 60.7 cm³/mol. The van der Waals surface area contributed by atoms with Crippen LogP contribution in [0.25, 0.3) is 0 Å². The van der Waals surface area contributed by atoms with Crippen LogP contribution in [0.2, 0.25) is 0 Å². The first-order valence-corrected chi connectivity index (χ1v) is 6.06. The van der Waals surface area contributed by atoms with Crippen LogP contribution in [-0.4, -0.2) is 30.4 Å². The first-order chi connectivity index (χ1) is 6.77. The summed E-state index contributed by atoms with van der Waals surface area (Å²) < 4.78 is 0. The smallest absolute Gasteiger partial charge is 0.102 e. The molecule has 1 unspecified atom stereocenters. The molecule has 2 rings (SSSR count). The van der Waals surface area contributed by atoms with Crippen LogP contribution in [0.4, 0.5) is 0 Å². The van der Waals surface area contributed by atoms with E-state index in [1.54, 1.807) is 0 Å². The molecule has 0 aromatic rings. The number of piperidine rings is 1. The fourth-order valence-corrected chi connectivity index (χ4v) is 2.73. The Morgan fingerprint density at radius 2 is 2.14 bits per heavy atom. The van der Waals surface area contributed by atoms with Crippen LogP contribution < -0.4 is 0 Å². The van der Waals surface area contributed by atoms with E-state index >= 15 is 0 Å². The van der Waals surface area contributed by atoms with Gasteiger partial charge in [0.15, 0.2) is 0 Å². The number of nitrogens with zero attached hydrogens (tertiary/aromatic N) is 2. The highest BCUT2D eigenvalue weighted by Crippen LogP contribution is 2.27. The quantitative estimate of drug-likeness (QED) is 0.659. The van der Waals surface area contributed by atoms with E-state index in [4.69, 9.17) is 4.99 Å². The summed E-state index contributed by atoms with van der Waals surface area (Å²) in [4.78, 5) is 7.26. The van der Waals surface area contributed by atoms with Crippen molar-refractivity contribution in [2.24, 2.45) is 16.8 Å². The second kappa shape index (κ2) is 4.33. The minimum Gasteiger partial charge on any atom is -0.360 e. The Kier molecular flexibility index (Phi) is 3.09. The molecule has 1 saturated heterocycles. The van der Waals surface area contributed by atoms with Crippen molar-refractivity contribution in [3.8, 4) is 0 Å². The van der Waals surface area contributed by atoms with E-state index in [1.807, 2.05) is 0 Å². The van der Waals surface area contributed by atoms with Crippen LogP contribution in [0.1, 0.15) is 39.5 Å². The molecule has 2 aliphatic rings. The summed E-state index contributed by atoms with van der Waals surface area (Å²) in [6, 6.07) is 0. The zero-order valence-corrected chi connectivity index (χ0v) is 9.50. The average molecular weight is 194 g/mol. The summed E-state index contributed by atoms with van der Waals surface area (Å²) in [6.07, 6.45) is 5.33. The molecule has 0 radical (unpaired) electrons. The third kappa shape index (κ3) is 2.10. The summed E-state index contributed by atoms with van der Waals surface area (Å²) in [5.74, 6) is 3.02. The van der Waals surface area contributed by atoms with Crippen LogP contribution in [0.15, 0.2) is 4.99 Å². The highest BCUT2D eigenvalue weighted by molar-refractivity contribution is 5.85. The predicted octanol–water partition coefficient (Wildman–Crippen LogP) is 2.55. The minimum atomic E-state index is 0.768. The summed E-state index contributed by atoms with van der Waals surface area (Å²) in [6.45, 7) is 8.23. The molecule has 0 N–H and O–H groups in total. The zero-order valence-electron chi connectivity index (χ0n) is 9.50. The maximum absolute atomic E-state index is 4.73. The first kappa shape index (κ1) is 10.0. The van der Waals surface area contributed by atoms with Gasteiger partial charge in [0.1, 0.15) is 5.84 Å². The molecule has 1 fully saturated rings. The van der Waals surface area contributed by atoms with E-state index in [9.17, 15) is 0 Å². The van der Waals surface area contributed by atoms with E-state index in [0.29, 0.717) is 0 Å². The molecule has 80 valence electrons. The highest BCUT2D eigenvalue weighted by atomic mass is 15.2. The van der Waals surface area contributed by atoms with Gasteiger partial charge < -0.3 is 4.90 Å². The normalized spacial score (nSPS) is 27.5. The van der Waals surface area contributed by atoms with Gasteiger partial charge in [0.05, 0.1) is 0 Å². The SMILES string of the molecule is CC(C)CC1CCCN2CCCN=C12. The van der Waals surface area contributed by atoms with Gasteiger partial charge in [-0.1, -0.05) is 13.8 Å². The lowest BCUT2D eigenvalue weighted by Crippen LogP contribution is -2.44. The Morgan fingerprint density at radius 3 is 2.93 bits per heavy atom. The molecule has 0 aromatic carbocycles. The van der Waals surface area contributed by atoms with Crippen molar-refractivity contribution in [2.45, 2.75) is 39.5 Å². The van der Waals surface area contributed by atoms with E-state index in [2.05, 4.69) is 18.7 Å². The van der Waals surface area contributed by atoms with Gasteiger partial charge in [-0.3, -0.25) is 4.99 Å². The van der Waals surface area contributed by atoms with Crippen LogP contribution in [0.5, 0.6) is 0 Å². The Labute approximate surface area is 87.4 Å². The van der Waals surface area contributed by atoms with E-state index < -0.39 is 0 Å². The lowest BCUT2D eigenvalue weighted by atomic mass is 9.88. The van der Waals surface area contributed by atoms with Gasteiger partial charge in [-0.05, 0) is 31.6 Å². The number of hydrogen-bond acceptors (Lipinski definition) is 2. The maximum atomic E-state index is 4.73. The maximum Gasteiger partial charge on any atom is 0.102 e. The molecule has 0 saturated carbocycles. The summed E-state index contributed by atoms with van der Waals surface area (Å²) in [5, 5.41) is 0. The molecule has 0 aromatic heterocycles. The molecule has 1 atom stereocenters. The van der Waals surface area contributed by atoms with Crippen LogP contribution in [0.3, 0.4) is 0 Å². The van der Waals surface area contributed by atoms with Crippen LogP contribution in [-0.2, 0) is 0 Å². The summed E-state index contributed by atoms with van der Waals surface area (Å²) in [5.41, 5.74) is 0. The first-order valence-electron chi connectivity index (χ1n) is 6.06. The molecule has 0 aliphatic carbocycles. The van der Waals surface area contributed by atoms with Crippen molar-refractivity contribution in [1.29, 1.82) is 0 Å². The Bertz CT molecular complexity index is 220. The molecule has 0 spiro atoms. The number of hydrogen-bond donors (Lipinski definition) is 0. The third-order valence-electron chi connectivity index (χ3n) is 3.29. The molecule has 2 aliphatic heterocycles. The molecular weight excluding hydrogens is 172 g/mol. The highest BCUT2D eigenvalue weighted by Gasteiger charge is 2.28. The largest absolute Gasteiger partial charge is 0.360 e. The van der Waals surface area contributed by atoms with Crippen molar-refractivity contribution in [1.82, 2.24) is 4.90 Å². The molecule has 2 heteroatoms. The topological polar surface area (TPSA) is 15.6 Å². The number of fused-ring (bicyclic) bond motifs is 1. The second-order valence-electron chi connectivity index (χ2n) is 5.05. The molecule has 2 heterocycles. The van der Waals surface area contributed by atoms with Gasteiger partial charge in [0.25, 0.3) is 0 Å². The summed E-state index contributed by atoms with van der Waals surface area (Å²) in [7, 11) is 0. The second-order valence-corrected chi connectivity index (χ2v) is 5.05. The standard InChI is InChI=1S/C12H22N2/c1-10(2)9-11-5-3-7-14-8-4-6-13-12(11)14/h10-11H,3-9H2,1-2H3. The van der Waals surface area contributed by atoms with Crippen molar-refractivity contribution in [2.75, 3.05) is 19.6 Å². The van der Waals surface area contributed by atoms with E-state index in [1.165, 1.54) is 44.6 Å². The zero-order chi connectivity index (χ0) is 9.97. The fraction of sp³-hybridized carbons (Fsp3) is 0.917. The van der Waals surface area contributed by atoms with Gasteiger partial charge in [0, 0.05) is 25.6 Å². The lowest BCUT2D eigenvalue weighted by molar-refractivity contribution is 0.293. The van der Waals surface area contributed by atoms with Crippen molar-refractivity contribution in [3.63, 3.8) is 0 Å². The van der Waals surface area contributed by atoms with Gasteiger partial charge in [-0.25, -0.2) is 0 Å². The van der Waals surface area contributed by atoms with Crippen molar-refractivity contribution < 1.29 is 0 Å². The van der Waals surface area contributed by atoms with Crippen LogP contribution in [0, 0.1) is 11.8 Å². The average Bonchev–Trinajstić information content (AvgIpc) is 2.18. The summed E-state index contributed by atoms with van der Waals surface area (Å²) >= 11 is 0. The molecule has 2 nitrogen and oxygen atoms in total. The van der Waals surface area contributed by atoms with Gasteiger partial charge >= 0.3 is 0 Å². The molecule has 0 bridgehead atoms. The van der Waals surface area contributed by atoms with Gasteiger partial charge in [0.2, 0.25) is 0 Å². The monoisotopic (exact) mass is 194 g/mol. The van der Waals surface area contributed by atoms with Crippen molar-refractivity contribution >= 4 is 5.84 Å². The lowest BCUT2D eigenvalue weighted by Gasteiger charge is -2.38. The van der Waals surface area contributed by atoms with E-state index in [-0.39, 0.29) is 0 Å². The van der Waals surface area contributed by atoms with Crippen molar-refractivity contribution in [3.05, 3.63) is 0 Å².